The largest absolute Gasteiger partial charge is 0.337 e. The standard InChI is InChI=1S/C15H17N5S/c1-10-8-20(7-6-16-10)15-17-14(18-19-15)12-9-21-13-5-3-2-4-11(12)13/h2-5,9-10,16H,6-8H2,1H3,(H,17,18,19)/t10-/m0/s1. The van der Waals surface area contributed by atoms with Crippen LogP contribution < -0.4 is 10.2 Å². The minimum atomic E-state index is 0.475. The second kappa shape index (κ2) is 5.13. The average Bonchev–Trinajstić information content (AvgIpc) is 3.14. The number of rotatable bonds is 2. The summed E-state index contributed by atoms with van der Waals surface area (Å²) in [6.07, 6.45) is 0. The van der Waals surface area contributed by atoms with E-state index in [2.05, 4.69) is 57.0 Å². The Morgan fingerprint density at radius 2 is 2.24 bits per heavy atom. The summed E-state index contributed by atoms with van der Waals surface area (Å²) < 4.78 is 1.28. The predicted octanol–water partition coefficient (Wildman–Crippen LogP) is 2.48. The summed E-state index contributed by atoms with van der Waals surface area (Å²) in [6.45, 7) is 5.06. The second-order valence-corrected chi connectivity index (χ2v) is 6.34. The van der Waals surface area contributed by atoms with Crippen molar-refractivity contribution in [3.05, 3.63) is 29.6 Å². The third-order valence-electron chi connectivity index (χ3n) is 3.86. The molecule has 21 heavy (non-hydrogen) atoms. The number of fused-ring (bicyclic) bond motifs is 1. The molecule has 1 saturated heterocycles. The fourth-order valence-corrected chi connectivity index (χ4v) is 3.74. The van der Waals surface area contributed by atoms with Gasteiger partial charge in [-0.05, 0) is 13.0 Å². The molecule has 1 aliphatic heterocycles. The Balaban J connectivity index is 1.68. The molecule has 108 valence electrons. The number of aromatic nitrogens is 3. The molecular weight excluding hydrogens is 282 g/mol. The summed E-state index contributed by atoms with van der Waals surface area (Å²) in [5.41, 5.74) is 1.14. The van der Waals surface area contributed by atoms with Gasteiger partial charge in [-0.1, -0.05) is 18.2 Å². The first-order valence-corrected chi connectivity index (χ1v) is 8.06. The molecule has 0 spiro atoms. The Labute approximate surface area is 127 Å². The van der Waals surface area contributed by atoms with Crippen LogP contribution in [-0.4, -0.2) is 40.9 Å². The van der Waals surface area contributed by atoms with Crippen molar-refractivity contribution in [2.45, 2.75) is 13.0 Å². The van der Waals surface area contributed by atoms with Crippen LogP contribution in [0, 0.1) is 0 Å². The summed E-state index contributed by atoms with van der Waals surface area (Å²) in [4.78, 5) is 6.93. The number of thiophene rings is 1. The molecule has 1 atom stereocenters. The number of nitrogens with zero attached hydrogens (tertiary/aromatic N) is 3. The zero-order valence-corrected chi connectivity index (χ0v) is 12.7. The molecule has 2 N–H and O–H groups in total. The number of H-pyrrole nitrogens is 1. The van der Waals surface area contributed by atoms with Crippen LogP contribution in [0.2, 0.25) is 0 Å². The van der Waals surface area contributed by atoms with E-state index in [1.807, 2.05) is 0 Å². The van der Waals surface area contributed by atoms with Crippen LogP contribution in [0.5, 0.6) is 0 Å². The Kier molecular flexibility index (Phi) is 3.12. The molecular formula is C15H17N5S. The number of hydrogen-bond donors (Lipinski definition) is 2. The van der Waals surface area contributed by atoms with Crippen LogP contribution >= 0.6 is 11.3 Å². The van der Waals surface area contributed by atoms with Gasteiger partial charge >= 0.3 is 0 Å². The van der Waals surface area contributed by atoms with Crippen molar-refractivity contribution in [3.63, 3.8) is 0 Å². The molecule has 1 fully saturated rings. The Hall–Kier alpha value is -1.92. The first kappa shape index (κ1) is 12.8. The van der Waals surface area contributed by atoms with E-state index >= 15 is 0 Å². The second-order valence-electron chi connectivity index (χ2n) is 5.43. The molecule has 0 radical (unpaired) electrons. The number of piperazine rings is 1. The maximum absolute atomic E-state index is 4.70. The molecule has 1 aliphatic rings. The van der Waals surface area contributed by atoms with E-state index in [0.29, 0.717) is 6.04 Å². The number of aromatic amines is 1. The van der Waals surface area contributed by atoms with Gasteiger partial charge < -0.3 is 10.2 Å². The van der Waals surface area contributed by atoms with Gasteiger partial charge in [0.1, 0.15) is 0 Å². The lowest BCUT2D eigenvalue weighted by atomic mass is 10.2. The van der Waals surface area contributed by atoms with Gasteiger partial charge in [0.15, 0.2) is 5.82 Å². The monoisotopic (exact) mass is 299 g/mol. The van der Waals surface area contributed by atoms with E-state index < -0.39 is 0 Å². The van der Waals surface area contributed by atoms with Crippen LogP contribution in [0.1, 0.15) is 6.92 Å². The van der Waals surface area contributed by atoms with Gasteiger partial charge in [0.2, 0.25) is 5.95 Å². The summed E-state index contributed by atoms with van der Waals surface area (Å²) in [5, 5.41) is 14.3. The van der Waals surface area contributed by atoms with Crippen molar-refractivity contribution in [2.75, 3.05) is 24.5 Å². The molecule has 4 rings (SSSR count). The number of hydrogen-bond acceptors (Lipinski definition) is 5. The zero-order valence-electron chi connectivity index (χ0n) is 11.8. The van der Waals surface area contributed by atoms with E-state index in [9.17, 15) is 0 Å². The van der Waals surface area contributed by atoms with Crippen LogP contribution in [-0.2, 0) is 0 Å². The quantitative estimate of drug-likeness (QED) is 0.763. The molecule has 0 saturated carbocycles. The van der Waals surface area contributed by atoms with Crippen molar-refractivity contribution >= 4 is 27.4 Å². The minimum Gasteiger partial charge on any atom is -0.337 e. The van der Waals surface area contributed by atoms with E-state index in [4.69, 9.17) is 4.98 Å². The molecule has 0 aliphatic carbocycles. The molecule has 2 aromatic heterocycles. The topological polar surface area (TPSA) is 56.8 Å². The molecule has 1 aromatic carbocycles. The molecule has 0 amide bonds. The molecule has 0 bridgehead atoms. The van der Waals surface area contributed by atoms with Crippen LogP contribution in [0.3, 0.4) is 0 Å². The van der Waals surface area contributed by atoms with Gasteiger partial charge in [-0.3, -0.25) is 5.10 Å². The van der Waals surface area contributed by atoms with Crippen molar-refractivity contribution < 1.29 is 0 Å². The first-order chi connectivity index (χ1) is 10.3. The lowest BCUT2D eigenvalue weighted by molar-refractivity contribution is 0.480. The van der Waals surface area contributed by atoms with Crippen LogP contribution in [0.4, 0.5) is 5.95 Å². The van der Waals surface area contributed by atoms with E-state index in [-0.39, 0.29) is 0 Å². The molecule has 6 heteroatoms. The Morgan fingerprint density at radius 3 is 3.14 bits per heavy atom. The molecule has 3 aromatic rings. The third kappa shape index (κ3) is 2.30. The van der Waals surface area contributed by atoms with Gasteiger partial charge in [0.25, 0.3) is 0 Å². The van der Waals surface area contributed by atoms with Gasteiger partial charge in [-0.25, -0.2) is 0 Å². The van der Waals surface area contributed by atoms with E-state index in [0.717, 1.165) is 37.0 Å². The Bertz CT molecular complexity index is 762. The highest BCUT2D eigenvalue weighted by Crippen LogP contribution is 2.32. The minimum absolute atomic E-state index is 0.475. The highest BCUT2D eigenvalue weighted by atomic mass is 32.1. The highest BCUT2D eigenvalue weighted by molar-refractivity contribution is 7.17. The number of nitrogens with one attached hydrogen (secondary N) is 2. The molecule has 3 heterocycles. The number of benzene rings is 1. The zero-order chi connectivity index (χ0) is 14.2. The van der Waals surface area contributed by atoms with Gasteiger partial charge in [-0.15, -0.1) is 16.4 Å². The van der Waals surface area contributed by atoms with Gasteiger partial charge in [0.05, 0.1) is 0 Å². The summed E-state index contributed by atoms with van der Waals surface area (Å²) in [6, 6.07) is 8.88. The SMILES string of the molecule is C[C@H]1CN(c2n[nH]c(-c3csc4ccccc34)n2)CCN1. The van der Waals surface area contributed by atoms with Crippen molar-refractivity contribution in [1.29, 1.82) is 0 Å². The predicted molar refractivity (Wildman–Crippen MR) is 86.9 cm³/mol. The summed E-state index contributed by atoms with van der Waals surface area (Å²) in [7, 11) is 0. The molecule has 5 nitrogen and oxygen atoms in total. The number of anilines is 1. The maximum Gasteiger partial charge on any atom is 0.245 e. The lowest BCUT2D eigenvalue weighted by Gasteiger charge is -2.30. The third-order valence-corrected chi connectivity index (χ3v) is 4.82. The van der Waals surface area contributed by atoms with Gasteiger partial charge in [-0.2, -0.15) is 4.98 Å². The Morgan fingerprint density at radius 1 is 1.33 bits per heavy atom. The van der Waals surface area contributed by atoms with E-state index in [1.165, 1.54) is 10.1 Å². The summed E-state index contributed by atoms with van der Waals surface area (Å²) >= 11 is 1.74. The van der Waals surface area contributed by atoms with Crippen molar-refractivity contribution in [1.82, 2.24) is 20.5 Å². The normalized spacial score (nSPS) is 19.3. The van der Waals surface area contributed by atoms with Gasteiger partial charge in [0, 0.05) is 46.7 Å². The van der Waals surface area contributed by atoms with Crippen molar-refractivity contribution in [3.8, 4) is 11.4 Å². The van der Waals surface area contributed by atoms with Crippen molar-refractivity contribution in [2.24, 2.45) is 0 Å². The molecule has 0 unspecified atom stereocenters. The van der Waals surface area contributed by atoms with Crippen LogP contribution in [0.15, 0.2) is 29.6 Å². The van der Waals surface area contributed by atoms with E-state index in [1.54, 1.807) is 11.3 Å². The smallest absolute Gasteiger partial charge is 0.245 e. The fourth-order valence-electron chi connectivity index (χ4n) is 2.79. The summed E-state index contributed by atoms with van der Waals surface area (Å²) in [5.74, 6) is 1.65. The highest BCUT2D eigenvalue weighted by Gasteiger charge is 2.20. The average molecular weight is 299 g/mol. The maximum atomic E-state index is 4.70. The lowest BCUT2D eigenvalue weighted by Crippen LogP contribution is -2.49. The fraction of sp³-hybridized carbons (Fsp3) is 0.333. The first-order valence-electron chi connectivity index (χ1n) is 7.18. The van der Waals surface area contributed by atoms with Crippen LogP contribution in [0.25, 0.3) is 21.5 Å².